The molecule has 1 atom stereocenters. The van der Waals surface area contributed by atoms with Gasteiger partial charge in [-0.25, -0.2) is 0 Å². The molecule has 0 fully saturated rings. The highest BCUT2D eigenvalue weighted by Crippen LogP contribution is 2.14. The van der Waals surface area contributed by atoms with E-state index in [-0.39, 0.29) is 6.04 Å². The summed E-state index contributed by atoms with van der Waals surface area (Å²) in [6.45, 7) is 4.73. The predicted octanol–water partition coefficient (Wildman–Crippen LogP) is 1.17. The smallest absolute Gasteiger partial charge is 0.279 e. The molecule has 1 aromatic rings. The van der Waals surface area contributed by atoms with E-state index in [1.54, 1.807) is 7.05 Å². The van der Waals surface area contributed by atoms with Crippen LogP contribution in [0.5, 0.6) is 0 Å². The Kier molecular flexibility index (Phi) is 5.93. The second kappa shape index (κ2) is 7.00. The van der Waals surface area contributed by atoms with Crippen molar-refractivity contribution in [3.05, 3.63) is 35.4 Å². The summed E-state index contributed by atoms with van der Waals surface area (Å²) < 4.78 is 28.1. The molecular weight excluding hydrogens is 262 g/mol. The Bertz CT molecular complexity index is 485. The second-order valence-electron chi connectivity index (χ2n) is 4.72. The fourth-order valence-electron chi connectivity index (χ4n) is 1.67. The van der Waals surface area contributed by atoms with E-state index < -0.39 is 10.2 Å². The van der Waals surface area contributed by atoms with Crippen molar-refractivity contribution in [3.63, 3.8) is 0 Å². The molecule has 6 heteroatoms. The van der Waals surface area contributed by atoms with Gasteiger partial charge >= 0.3 is 0 Å². The summed E-state index contributed by atoms with van der Waals surface area (Å²) in [5.74, 6) is 0. The Labute approximate surface area is 116 Å². The molecule has 0 saturated heterocycles. The Morgan fingerprint density at radius 1 is 1.32 bits per heavy atom. The van der Waals surface area contributed by atoms with Crippen LogP contribution in [0.25, 0.3) is 0 Å². The van der Waals surface area contributed by atoms with Crippen molar-refractivity contribution in [1.82, 2.24) is 9.03 Å². The van der Waals surface area contributed by atoms with E-state index in [9.17, 15) is 8.42 Å². The number of aryl methyl sites for hydroxylation is 1. The monoisotopic (exact) mass is 285 g/mol. The summed E-state index contributed by atoms with van der Waals surface area (Å²) in [6, 6.07) is 7.55. The fourth-order valence-corrected chi connectivity index (χ4v) is 2.80. The summed E-state index contributed by atoms with van der Waals surface area (Å²) in [6.07, 6.45) is 0.649. The summed E-state index contributed by atoms with van der Waals surface area (Å²) in [4.78, 5) is 0. The molecule has 0 aliphatic rings. The number of hydrogen-bond acceptors (Lipinski definition) is 3. The van der Waals surface area contributed by atoms with E-state index in [2.05, 4.69) is 4.72 Å². The Balaban J connectivity index is 2.69. The maximum absolute atomic E-state index is 12.1. The number of nitrogens with two attached hydrogens (primary N) is 1. The lowest BCUT2D eigenvalue weighted by Gasteiger charge is -2.21. The predicted molar refractivity (Wildman–Crippen MR) is 78.0 cm³/mol. The Morgan fingerprint density at radius 2 is 1.89 bits per heavy atom. The minimum atomic E-state index is -3.46. The largest absolute Gasteiger partial charge is 0.330 e. The molecule has 0 aliphatic heterocycles. The van der Waals surface area contributed by atoms with Gasteiger partial charge in [0.25, 0.3) is 10.2 Å². The van der Waals surface area contributed by atoms with E-state index in [1.165, 1.54) is 4.31 Å². The topological polar surface area (TPSA) is 75.4 Å². The van der Waals surface area contributed by atoms with Crippen molar-refractivity contribution in [2.75, 3.05) is 20.1 Å². The third-order valence-electron chi connectivity index (χ3n) is 2.99. The van der Waals surface area contributed by atoms with Gasteiger partial charge in [-0.15, -0.1) is 0 Å². The molecular formula is C13H23N3O2S. The summed E-state index contributed by atoms with van der Waals surface area (Å²) in [5.41, 5.74) is 7.48. The molecule has 19 heavy (non-hydrogen) atoms. The molecule has 0 spiro atoms. The molecule has 108 valence electrons. The van der Waals surface area contributed by atoms with E-state index in [0.717, 1.165) is 11.1 Å². The van der Waals surface area contributed by atoms with Crippen LogP contribution in [0, 0.1) is 6.92 Å². The minimum absolute atomic E-state index is 0.258. The normalized spacial score (nSPS) is 13.7. The third-order valence-corrected chi connectivity index (χ3v) is 4.65. The van der Waals surface area contributed by atoms with Gasteiger partial charge in [-0.2, -0.15) is 17.4 Å². The average Bonchev–Trinajstić information content (AvgIpc) is 2.36. The van der Waals surface area contributed by atoms with Gasteiger partial charge in [-0.1, -0.05) is 29.8 Å². The van der Waals surface area contributed by atoms with Crippen molar-refractivity contribution in [2.45, 2.75) is 26.3 Å². The van der Waals surface area contributed by atoms with E-state index >= 15 is 0 Å². The lowest BCUT2D eigenvalue weighted by atomic mass is 10.1. The highest BCUT2D eigenvalue weighted by atomic mass is 32.2. The maximum Gasteiger partial charge on any atom is 0.279 e. The van der Waals surface area contributed by atoms with Crippen molar-refractivity contribution in [3.8, 4) is 0 Å². The zero-order chi connectivity index (χ0) is 14.5. The second-order valence-corrected chi connectivity index (χ2v) is 6.53. The van der Waals surface area contributed by atoms with Gasteiger partial charge in [0.05, 0.1) is 0 Å². The van der Waals surface area contributed by atoms with E-state index in [1.807, 2.05) is 38.1 Å². The van der Waals surface area contributed by atoms with Crippen LogP contribution in [0.2, 0.25) is 0 Å². The molecule has 0 saturated carbocycles. The number of hydrogen-bond donors (Lipinski definition) is 2. The first-order valence-corrected chi connectivity index (χ1v) is 7.81. The van der Waals surface area contributed by atoms with Crippen LogP contribution in [-0.4, -0.2) is 32.9 Å². The lowest BCUT2D eigenvalue weighted by molar-refractivity contribution is 0.446. The molecule has 0 amide bonds. The Morgan fingerprint density at radius 3 is 2.42 bits per heavy atom. The van der Waals surface area contributed by atoms with Gasteiger partial charge in [-0.05, 0) is 32.4 Å². The average molecular weight is 285 g/mol. The first-order chi connectivity index (χ1) is 8.86. The van der Waals surface area contributed by atoms with Crippen LogP contribution in [0.1, 0.15) is 30.5 Å². The number of nitrogens with zero attached hydrogens (tertiary/aromatic N) is 1. The van der Waals surface area contributed by atoms with Crippen molar-refractivity contribution >= 4 is 10.2 Å². The minimum Gasteiger partial charge on any atom is -0.330 e. The SMILES string of the molecule is Cc1ccc(C(C)NS(=O)(=O)N(C)CCCN)cc1. The molecule has 0 radical (unpaired) electrons. The molecule has 0 heterocycles. The van der Waals surface area contributed by atoms with Gasteiger partial charge in [-0.3, -0.25) is 0 Å². The van der Waals surface area contributed by atoms with Gasteiger partial charge in [0.2, 0.25) is 0 Å². The zero-order valence-corrected chi connectivity index (χ0v) is 12.6. The molecule has 1 rings (SSSR count). The highest BCUT2D eigenvalue weighted by Gasteiger charge is 2.20. The van der Waals surface area contributed by atoms with Crippen molar-refractivity contribution in [1.29, 1.82) is 0 Å². The van der Waals surface area contributed by atoms with E-state index in [4.69, 9.17) is 5.73 Å². The van der Waals surface area contributed by atoms with E-state index in [0.29, 0.717) is 19.5 Å². The van der Waals surface area contributed by atoms with Crippen LogP contribution in [-0.2, 0) is 10.2 Å². The van der Waals surface area contributed by atoms with Crippen LogP contribution >= 0.6 is 0 Å². The molecule has 0 aromatic heterocycles. The van der Waals surface area contributed by atoms with Gasteiger partial charge in [0.1, 0.15) is 0 Å². The molecule has 0 bridgehead atoms. The van der Waals surface area contributed by atoms with Crippen LogP contribution < -0.4 is 10.5 Å². The third kappa shape index (κ3) is 4.91. The van der Waals surface area contributed by atoms with Crippen molar-refractivity contribution < 1.29 is 8.42 Å². The summed E-state index contributed by atoms with van der Waals surface area (Å²) in [5, 5.41) is 0. The number of nitrogens with one attached hydrogen (secondary N) is 1. The quantitative estimate of drug-likeness (QED) is 0.789. The summed E-state index contributed by atoms with van der Waals surface area (Å²) >= 11 is 0. The Hall–Kier alpha value is -0.950. The van der Waals surface area contributed by atoms with Crippen LogP contribution in [0.4, 0.5) is 0 Å². The van der Waals surface area contributed by atoms with Gasteiger partial charge in [0.15, 0.2) is 0 Å². The molecule has 1 aromatic carbocycles. The molecule has 5 nitrogen and oxygen atoms in total. The van der Waals surface area contributed by atoms with Crippen molar-refractivity contribution in [2.24, 2.45) is 5.73 Å². The standard InChI is InChI=1S/C13H23N3O2S/c1-11-5-7-13(8-6-11)12(2)15-19(17,18)16(3)10-4-9-14/h5-8,12,15H,4,9-10,14H2,1-3H3. The molecule has 1 unspecified atom stereocenters. The first kappa shape index (κ1) is 16.1. The molecule has 0 aliphatic carbocycles. The van der Waals surface area contributed by atoms with Gasteiger partial charge in [0, 0.05) is 19.6 Å². The molecule has 3 N–H and O–H groups in total. The lowest BCUT2D eigenvalue weighted by Crippen LogP contribution is -2.40. The zero-order valence-electron chi connectivity index (χ0n) is 11.8. The van der Waals surface area contributed by atoms with Crippen LogP contribution in [0.15, 0.2) is 24.3 Å². The fraction of sp³-hybridized carbons (Fsp3) is 0.538. The first-order valence-electron chi connectivity index (χ1n) is 6.37. The number of rotatable bonds is 7. The maximum atomic E-state index is 12.1. The van der Waals surface area contributed by atoms with Gasteiger partial charge < -0.3 is 5.73 Å². The summed E-state index contributed by atoms with van der Waals surface area (Å²) in [7, 11) is -1.91. The number of benzene rings is 1. The van der Waals surface area contributed by atoms with Crippen LogP contribution in [0.3, 0.4) is 0 Å². The highest BCUT2D eigenvalue weighted by molar-refractivity contribution is 7.87.